The van der Waals surface area contributed by atoms with Gasteiger partial charge in [0.2, 0.25) is 0 Å². The number of unbranched alkanes of at least 4 members (excludes halogenated alkanes) is 36. The first-order valence-electron chi connectivity index (χ1n) is 26.5. The second kappa shape index (κ2) is 47.6. The van der Waals surface area contributed by atoms with E-state index < -0.39 is 0 Å². The summed E-state index contributed by atoms with van der Waals surface area (Å²) in [6, 6.07) is 0. The minimum atomic E-state index is 0.0457. The highest BCUT2D eigenvalue weighted by Crippen LogP contribution is 2.42. The van der Waals surface area contributed by atoms with Crippen LogP contribution in [0.1, 0.15) is 316 Å². The Kier molecular flexibility index (Phi) is 47.5. The number of carbonyl (C=O) groups is 1. The Balaban J connectivity index is 4.99. The van der Waals surface area contributed by atoms with Gasteiger partial charge in [0.25, 0.3) is 0 Å². The molecular formula is C53H107O2P. The lowest BCUT2D eigenvalue weighted by Crippen LogP contribution is -2.22. The van der Waals surface area contributed by atoms with Crippen LogP contribution in [0.2, 0.25) is 0 Å². The van der Waals surface area contributed by atoms with Gasteiger partial charge in [0, 0.05) is 6.42 Å². The highest BCUT2D eigenvalue weighted by Gasteiger charge is 2.28. The third-order valence-electron chi connectivity index (χ3n) is 13.1. The van der Waals surface area contributed by atoms with E-state index in [2.05, 4.69) is 30.0 Å². The number of rotatable bonds is 49. The van der Waals surface area contributed by atoms with Crippen LogP contribution in [-0.4, -0.2) is 18.7 Å². The normalized spacial score (nSPS) is 11.9. The van der Waals surface area contributed by atoms with Gasteiger partial charge < -0.3 is 4.74 Å². The second-order valence-corrected chi connectivity index (χ2v) is 19.3. The molecule has 0 saturated heterocycles. The summed E-state index contributed by atoms with van der Waals surface area (Å²) in [5, 5.41) is 0. The fourth-order valence-corrected chi connectivity index (χ4v) is 9.53. The van der Waals surface area contributed by atoms with Crippen molar-refractivity contribution in [3.63, 3.8) is 0 Å². The summed E-state index contributed by atoms with van der Waals surface area (Å²) < 4.78 is 5.85. The minimum Gasteiger partial charge on any atom is -0.466 e. The molecule has 0 saturated carbocycles. The van der Waals surface area contributed by atoms with Crippen LogP contribution in [0.25, 0.3) is 0 Å². The first-order chi connectivity index (χ1) is 27.6. The third-order valence-corrected chi connectivity index (χ3v) is 13.5. The monoisotopic (exact) mass is 807 g/mol. The Morgan fingerprint density at radius 2 is 0.589 bits per heavy atom. The Bertz CT molecular complexity index is 668. The largest absolute Gasteiger partial charge is 0.466 e. The van der Waals surface area contributed by atoms with Crippen molar-refractivity contribution >= 4 is 15.2 Å². The van der Waals surface area contributed by atoms with E-state index >= 15 is 0 Å². The van der Waals surface area contributed by atoms with Crippen molar-refractivity contribution in [2.75, 3.05) is 12.8 Å². The molecule has 0 N–H and O–H groups in total. The molecule has 0 fully saturated rings. The van der Waals surface area contributed by atoms with Crippen molar-refractivity contribution in [3.8, 4) is 0 Å². The van der Waals surface area contributed by atoms with Crippen LogP contribution in [0.5, 0.6) is 0 Å². The van der Waals surface area contributed by atoms with E-state index in [4.69, 9.17) is 4.74 Å². The van der Waals surface area contributed by atoms with E-state index in [1.807, 2.05) is 0 Å². The van der Waals surface area contributed by atoms with Crippen LogP contribution in [0.15, 0.2) is 0 Å². The molecule has 2 nitrogen and oxygen atoms in total. The van der Waals surface area contributed by atoms with Gasteiger partial charge in [-0.2, -0.15) is 0 Å². The third kappa shape index (κ3) is 42.0. The average Bonchev–Trinajstić information content (AvgIpc) is 3.20. The van der Waals surface area contributed by atoms with Gasteiger partial charge in [0.1, 0.15) is 0 Å². The maximum absolute atomic E-state index is 12.6. The summed E-state index contributed by atoms with van der Waals surface area (Å²) in [4.78, 5) is 12.6. The van der Waals surface area contributed by atoms with Crippen LogP contribution in [0.3, 0.4) is 0 Å². The fourth-order valence-electron chi connectivity index (χ4n) is 9.25. The lowest BCUT2D eigenvalue weighted by molar-refractivity contribution is -0.144. The predicted octanol–water partition coefficient (Wildman–Crippen LogP) is 19.4. The molecule has 0 amide bonds. The molecule has 0 rings (SSSR count). The van der Waals surface area contributed by atoms with E-state index in [9.17, 15) is 4.79 Å². The minimum absolute atomic E-state index is 0.0457. The summed E-state index contributed by atoms with van der Waals surface area (Å²) in [7, 11) is 2.82. The zero-order valence-electron chi connectivity index (χ0n) is 39.3. The van der Waals surface area contributed by atoms with Crippen LogP contribution in [0.4, 0.5) is 0 Å². The molecule has 0 aliphatic carbocycles. The molecule has 0 radical (unpaired) electrons. The molecule has 0 aliphatic rings. The van der Waals surface area contributed by atoms with Gasteiger partial charge >= 0.3 is 5.97 Å². The number of hydrogen-bond acceptors (Lipinski definition) is 2. The number of hydrogen-bond donors (Lipinski definition) is 0. The molecule has 3 heteroatoms. The van der Waals surface area contributed by atoms with Crippen molar-refractivity contribution in [1.82, 2.24) is 0 Å². The van der Waals surface area contributed by atoms with Crippen molar-refractivity contribution < 1.29 is 9.53 Å². The van der Waals surface area contributed by atoms with Crippen LogP contribution < -0.4 is 0 Å². The topological polar surface area (TPSA) is 26.3 Å². The van der Waals surface area contributed by atoms with Gasteiger partial charge in [0.05, 0.1) is 6.61 Å². The predicted molar refractivity (Wildman–Crippen MR) is 257 cm³/mol. The zero-order valence-corrected chi connectivity index (χ0v) is 40.5. The molecule has 1 atom stereocenters. The molecule has 0 bridgehead atoms. The highest BCUT2D eigenvalue weighted by atomic mass is 31.0. The summed E-state index contributed by atoms with van der Waals surface area (Å²) in [5.41, 5.74) is 0.458. The summed E-state index contributed by atoms with van der Waals surface area (Å²) in [5.74, 6) is 0.0457. The number of carbonyl (C=O) groups excluding carboxylic acids is 1. The van der Waals surface area contributed by atoms with Crippen LogP contribution in [0, 0.1) is 5.41 Å². The van der Waals surface area contributed by atoms with Crippen molar-refractivity contribution in [1.29, 1.82) is 0 Å². The van der Waals surface area contributed by atoms with Gasteiger partial charge in [-0.25, -0.2) is 0 Å². The smallest absolute Gasteiger partial charge is 0.305 e. The van der Waals surface area contributed by atoms with Gasteiger partial charge in [0.15, 0.2) is 0 Å². The molecule has 0 aromatic rings. The Hall–Kier alpha value is -0.100. The fraction of sp³-hybridized carbons (Fsp3) is 0.981. The van der Waals surface area contributed by atoms with E-state index in [0.29, 0.717) is 18.4 Å². The van der Waals surface area contributed by atoms with Crippen LogP contribution in [-0.2, 0) is 9.53 Å². The standard InChI is InChI=1S/C53H107O2P/c1-4-7-10-13-16-19-22-25-28-31-35-40-46-53(49-44-50-55-52(54)45-39-34-38-43-51-56,47-41-36-32-29-26-23-20-17-14-11-8-5-2)48-42-37-33-30-27-24-21-18-15-12-9-6-3/h4-51,56H2,1-3H3. The van der Waals surface area contributed by atoms with Crippen molar-refractivity contribution in [3.05, 3.63) is 0 Å². The Morgan fingerprint density at radius 1 is 0.339 bits per heavy atom. The Labute approximate surface area is 357 Å². The van der Waals surface area contributed by atoms with E-state index in [1.54, 1.807) is 0 Å². The molecule has 1 unspecified atom stereocenters. The first kappa shape index (κ1) is 55.9. The molecule has 336 valence electrons. The van der Waals surface area contributed by atoms with Crippen molar-refractivity contribution in [2.24, 2.45) is 5.41 Å². The first-order valence-corrected chi connectivity index (χ1v) is 27.3. The molecule has 0 aliphatic heterocycles. The van der Waals surface area contributed by atoms with Gasteiger partial charge in [-0.05, 0) is 56.5 Å². The molecular weight excluding hydrogens is 700 g/mol. The summed E-state index contributed by atoms with van der Waals surface area (Å²) in [6.07, 6.45) is 64.4. The van der Waals surface area contributed by atoms with E-state index in [1.165, 1.54) is 276 Å². The summed E-state index contributed by atoms with van der Waals surface area (Å²) in [6.45, 7) is 7.59. The lowest BCUT2D eigenvalue weighted by atomic mass is 9.71. The van der Waals surface area contributed by atoms with Crippen molar-refractivity contribution in [2.45, 2.75) is 316 Å². The van der Waals surface area contributed by atoms with E-state index in [-0.39, 0.29) is 5.97 Å². The van der Waals surface area contributed by atoms with Gasteiger partial charge in [-0.3, -0.25) is 4.79 Å². The molecule has 0 heterocycles. The SMILES string of the molecule is CCCCCCCCCCCCCCC(CCCCCCCCCCCCCC)(CCCCCCCCCCCCCC)CCCOC(=O)CCCCCCP. The number of ether oxygens (including phenoxy) is 1. The molecule has 0 aromatic heterocycles. The molecule has 56 heavy (non-hydrogen) atoms. The molecule has 0 spiro atoms. The highest BCUT2D eigenvalue weighted by molar-refractivity contribution is 7.16. The quantitative estimate of drug-likeness (QED) is 0.0348. The number of esters is 1. The Morgan fingerprint density at radius 3 is 0.893 bits per heavy atom. The van der Waals surface area contributed by atoms with Gasteiger partial charge in [-0.15, -0.1) is 9.24 Å². The lowest BCUT2D eigenvalue weighted by Gasteiger charge is -2.35. The van der Waals surface area contributed by atoms with Gasteiger partial charge in [-0.1, -0.05) is 265 Å². The summed E-state index contributed by atoms with van der Waals surface area (Å²) >= 11 is 0. The average molecular weight is 807 g/mol. The second-order valence-electron chi connectivity index (χ2n) is 18.7. The maximum Gasteiger partial charge on any atom is 0.305 e. The molecule has 0 aromatic carbocycles. The zero-order chi connectivity index (χ0) is 40.7. The maximum atomic E-state index is 12.6. The van der Waals surface area contributed by atoms with Crippen LogP contribution >= 0.6 is 9.24 Å². The van der Waals surface area contributed by atoms with E-state index in [0.717, 1.165) is 19.3 Å².